The van der Waals surface area contributed by atoms with Crippen molar-refractivity contribution in [1.82, 2.24) is 13.9 Å². The summed E-state index contributed by atoms with van der Waals surface area (Å²) in [6, 6.07) is 0. The van der Waals surface area contributed by atoms with Crippen molar-refractivity contribution >= 4 is 10.2 Å². The van der Waals surface area contributed by atoms with Gasteiger partial charge in [-0.1, -0.05) is 6.92 Å². The van der Waals surface area contributed by atoms with Gasteiger partial charge in [0.1, 0.15) is 0 Å². The normalized spacial score (nSPS) is 20.7. The van der Waals surface area contributed by atoms with Crippen LogP contribution in [0, 0.1) is 0 Å². The fraction of sp³-hybridized carbons (Fsp3) is 1.00. The Morgan fingerprint density at radius 3 is 2.33 bits per heavy atom. The molecule has 1 heterocycles. The zero-order valence-electron chi connectivity index (χ0n) is 9.02. The van der Waals surface area contributed by atoms with Gasteiger partial charge in [0.15, 0.2) is 0 Å². The van der Waals surface area contributed by atoms with Crippen LogP contribution >= 0.6 is 0 Å². The van der Waals surface area contributed by atoms with Gasteiger partial charge < -0.3 is 10.0 Å². The van der Waals surface area contributed by atoms with Gasteiger partial charge in [0, 0.05) is 32.7 Å². The number of piperazine rings is 1. The van der Waals surface area contributed by atoms with Gasteiger partial charge in [-0.2, -0.15) is 17.4 Å². The Morgan fingerprint density at radius 2 is 1.87 bits per heavy atom. The Balaban J connectivity index is 2.45. The third kappa shape index (κ3) is 3.69. The summed E-state index contributed by atoms with van der Waals surface area (Å²) >= 11 is 0. The van der Waals surface area contributed by atoms with Crippen LogP contribution in [-0.2, 0) is 10.2 Å². The minimum atomic E-state index is -3.38. The van der Waals surface area contributed by atoms with Crippen LogP contribution in [0.2, 0.25) is 0 Å². The summed E-state index contributed by atoms with van der Waals surface area (Å²) in [5.41, 5.74) is 0. The molecule has 0 spiro atoms. The van der Waals surface area contributed by atoms with Crippen LogP contribution in [0.4, 0.5) is 0 Å². The first-order chi connectivity index (χ1) is 7.10. The van der Waals surface area contributed by atoms with Gasteiger partial charge in [-0.05, 0) is 6.54 Å². The van der Waals surface area contributed by atoms with Gasteiger partial charge in [-0.15, -0.1) is 0 Å². The summed E-state index contributed by atoms with van der Waals surface area (Å²) in [4.78, 5) is 2.21. The van der Waals surface area contributed by atoms with Crippen molar-refractivity contribution in [1.29, 1.82) is 0 Å². The van der Waals surface area contributed by atoms with Crippen LogP contribution < -0.4 is 4.72 Å². The van der Waals surface area contributed by atoms with Crippen molar-refractivity contribution in [2.45, 2.75) is 6.92 Å². The number of aliphatic hydroxyl groups is 1. The van der Waals surface area contributed by atoms with E-state index in [0.29, 0.717) is 13.1 Å². The maximum atomic E-state index is 11.6. The molecular formula is C8H19N3O3S. The van der Waals surface area contributed by atoms with Crippen LogP contribution in [0.25, 0.3) is 0 Å². The first-order valence-corrected chi connectivity index (χ1v) is 6.62. The molecule has 0 atom stereocenters. The summed E-state index contributed by atoms with van der Waals surface area (Å²) in [5, 5.41) is 8.55. The van der Waals surface area contributed by atoms with Crippen molar-refractivity contribution in [3.63, 3.8) is 0 Å². The summed E-state index contributed by atoms with van der Waals surface area (Å²) in [7, 11) is -3.38. The van der Waals surface area contributed by atoms with Crippen molar-refractivity contribution in [3.05, 3.63) is 0 Å². The molecule has 15 heavy (non-hydrogen) atoms. The predicted octanol–water partition coefficient (Wildman–Crippen LogP) is -1.55. The Labute approximate surface area is 91.0 Å². The van der Waals surface area contributed by atoms with E-state index in [-0.39, 0.29) is 13.2 Å². The topological polar surface area (TPSA) is 72.9 Å². The van der Waals surface area contributed by atoms with Crippen molar-refractivity contribution in [2.75, 3.05) is 45.9 Å². The SMILES string of the molecule is CCN1CCN(S(=O)(=O)NCCO)CC1. The lowest BCUT2D eigenvalue weighted by Gasteiger charge is -2.33. The van der Waals surface area contributed by atoms with E-state index in [1.165, 1.54) is 4.31 Å². The molecule has 0 aromatic rings. The number of aliphatic hydroxyl groups excluding tert-OH is 1. The fourth-order valence-electron chi connectivity index (χ4n) is 1.55. The number of likely N-dealkylation sites (N-methyl/N-ethyl adjacent to an activating group) is 1. The lowest BCUT2D eigenvalue weighted by molar-refractivity contribution is 0.194. The zero-order valence-corrected chi connectivity index (χ0v) is 9.83. The Bertz CT molecular complexity index is 273. The Kier molecular flexibility index (Phi) is 4.94. The van der Waals surface area contributed by atoms with Gasteiger partial charge in [0.25, 0.3) is 10.2 Å². The number of rotatable bonds is 5. The van der Waals surface area contributed by atoms with E-state index in [0.717, 1.165) is 19.6 Å². The maximum absolute atomic E-state index is 11.6. The molecule has 0 aromatic heterocycles. The molecule has 90 valence electrons. The monoisotopic (exact) mass is 237 g/mol. The molecule has 0 aromatic carbocycles. The minimum absolute atomic E-state index is 0.0797. The molecule has 0 amide bonds. The van der Waals surface area contributed by atoms with Crippen molar-refractivity contribution < 1.29 is 13.5 Å². The standard InChI is InChI=1S/C8H19N3O3S/c1-2-10-4-6-11(7-5-10)15(13,14)9-3-8-12/h9,12H,2-8H2,1H3. The van der Waals surface area contributed by atoms with Gasteiger partial charge in [-0.3, -0.25) is 0 Å². The summed E-state index contributed by atoms with van der Waals surface area (Å²) in [6.45, 7) is 5.52. The van der Waals surface area contributed by atoms with Crippen LogP contribution in [0.5, 0.6) is 0 Å². The van der Waals surface area contributed by atoms with Gasteiger partial charge in [-0.25, -0.2) is 0 Å². The molecule has 0 radical (unpaired) electrons. The highest BCUT2D eigenvalue weighted by atomic mass is 32.2. The van der Waals surface area contributed by atoms with Gasteiger partial charge in [0.05, 0.1) is 6.61 Å². The molecule has 0 bridgehead atoms. The predicted molar refractivity (Wildman–Crippen MR) is 57.7 cm³/mol. The highest BCUT2D eigenvalue weighted by molar-refractivity contribution is 7.87. The number of hydrogen-bond donors (Lipinski definition) is 2. The second-order valence-electron chi connectivity index (χ2n) is 3.46. The van der Waals surface area contributed by atoms with Crippen LogP contribution in [-0.4, -0.2) is 68.6 Å². The average molecular weight is 237 g/mol. The van der Waals surface area contributed by atoms with Gasteiger partial charge >= 0.3 is 0 Å². The molecule has 6 nitrogen and oxygen atoms in total. The lowest BCUT2D eigenvalue weighted by Crippen LogP contribution is -2.52. The summed E-state index contributed by atoms with van der Waals surface area (Å²) < 4.78 is 27.0. The fourth-order valence-corrected chi connectivity index (χ4v) is 2.73. The highest BCUT2D eigenvalue weighted by Gasteiger charge is 2.25. The highest BCUT2D eigenvalue weighted by Crippen LogP contribution is 2.05. The van der Waals surface area contributed by atoms with E-state index in [2.05, 4.69) is 16.5 Å². The second-order valence-corrected chi connectivity index (χ2v) is 5.21. The minimum Gasteiger partial charge on any atom is -0.395 e. The number of nitrogens with zero attached hydrogens (tertiary/aromatic N) is 2. The molecular weight excluding hydrogens is 218 g/mol. The molecule has 1 aliphatic rings. The average Bonchev–Trinajstić information content (AvgIpc) is 2.26. The summed E-state index contributed by atoms with van der Waals surface area (Å²) in [5.74, 6) is 0. The third-order valence-corrected chi connectivity index (χ3v) is 4.13. The van der Waals surface area contributed by atoms with E-state index >= 15 is 0 Å². The third-order valence-electron chi connectivity index (χ3n) is 2.51. The van der Waals surface area contributed by atoms with Gasteiger partial charge in [0.2, 0.25) is 0 Å². The van der Waals surface area contributed by atoms with Crippen LogP contribution in [0.3, 0.4) is 0 Å². The number of hydrogen-bond acceptors (Lipinski definition) is 4. The Hall–Kier alpha value is -0.210. The molecule has 0 saturated carbocycles. The molecule has 2 N–H and O–H groups in total. The molecule has 1 aliphatic heterocycles. The molecule has 7 heteroatoms. The zero-order chi connectivity index (χ0) is 11.3. The largest absolute Gasteiger partial charge is 0.395 e. The molecule has 0 aliphatic carbocycles. The van der Waals surface area contributed by atoms with E-state index in [4.69, 9.17) is 5.11 Å². The first kappa shape index (κ1) is 12.9. The van der Waals surface area contributed by atoms with E-state index in [9.17, 15) is 8.42 Å². The van der Waals surface area contributed by atoms with E-state index < -0.39 is 10.2 Å². The smallest absolute Gasteiger partial charge is 0.279 e. The summed E-state index contributed by atoms with van der Waals surface area (Å²) in [6.07, 6.45) is 0. The van der Waals surface area contributed by atoms with Crippen molar-refractivity contribution in [3.8, 4) is 0 Å². The van der Waals surface area contributed by atoms with Crippen LogP contribution in [0.1, 0.15) is 6.92 Å². The molecule has 1 saturated heterocycles. The molecule has 1 rings (SSSR count). The first-order valence-electron chi connectivity index (χ1n) is 5.18. The lowest BCUT2D eigenvalue weighted by atomic mass is 10.4. The van der Waals surface area contributed by atoms with E-state index in [1.807, 2.05) is 0 Å². The maximum Gasteiger partial charge on any atom is 0.279 e. The molecule has 0 unspecified atom stereocenters. The Morgan fingerprint density at radius 1 is 1.27 bits per heavy atom. The molecule has 1 fully saturated rings. The van der Waals surface area contributed by atoms with E-state index in [1.54, 1.807) is 0 Å². The van der Waals surface area contributed by atoms with Crippen LogP contribution in [0.15, 0.2) is 0 Å². The second kappa shape index (κ2) is 5.76. The number of nitrogens with one attached hydrogen (secondary N) is 1. The van der Waals surface area contributed by atoms with Crippen molar-refractivity contribution in [2.24, 2.45) is 0 Å². The quantitative estimate of drug-likeness (QED) is 0.607.